The Hall–Kier alpha value is -2.04. The summed E-state index contributed by atoms with van der Waals surface area (Å²) in [6.07, 6.45) is 6.79. The maximum Gasteiger partial charge on any atom is 0.239 e. The number of ether oxygens (including phenoxy) is 1. The number of carbonyl (C=O) groups is 2. The monoisotopic (exact) mass is 344 g/mol. The molecule has 1 aliphatic carbocycles. The Labute approximate surface area is 149 Å². The second-order valence-corrected chi connectivity index (χ2v) is 7.17. The fourth-order valence-electron chi connectivity index (χ4n) is 3.70. The van der Waals surface area contributed by atoms with Crippen LogP contribution in [0.4, 0.5) is 5.69 Å². The lowest BCUT2D eigenvalue weighted by molar-refractivity contribution is -0.120. The third kappa shape index (κ3) is 4.33. The summed E-state index contributed by atoms with van der Waals surface area (Å²) in [5, 5.41) is 3.18. The summed E-state index contributed by atoms with van der Waals surface area (Å²) in [5.41, 5.74) is 1.49. The van der Waals surface area contributed by atoms with Gasteiger partial charge in [0.15, 0.2) is 5.78 Å². The zero-order valence-electron chi connectivity index (χ0n) is 15.2. The van der Waals surface area contributed by atoms with Gasteiger partial charge >= 0.3 is 0 Å². The van der Waals surface area contributed by atoms with Gasteiger partial charge in [-0.05, 0) is 44.4 Å². The minimum absolute atomic E-state index is 0.0204. The van der Waals surface area contributed by atoms with E-state index in [2.05, 4.69) is 17.1 Å². The first-order valence-electron chi connectivity index (χ1n) is 9.42. The van der Waals surface area contributed by atoms with Crippen molar-refractivity contribution in [1.29, 1.82) is 0 Å². The van der Waals surface area contributed by atoms with Gasteiger partial charge in [0, 0.05) is 11.6 Å². The molecule has 0 bridgehead atoms. The fourth-order valence-corrected chi connectivity index (χ4v) is 3.70. The summed E-state index contributed by atoms with van der Waals surface area (Å²) in [6, 6.07) is 5.80. The van der Waals surface area contributed by atoms with Crippen molar-refractivity contribution in [2.24, 2.45) is 0 Å². The van der Waals surface area contributed by atoms with Crippen molar-refractivity contribution in [3.05, 3.63) is 23.8 Å². The van der Waals surface area contributed by atoms with Gasteiger partial charge in [-0.2, -0.15) is 0 Å². The molecule has 1 aromatic rings. The van der Waals surface area contributed by atoms with E-state index in [1.54, 1.807) is 13.0 Å². The van der Waals surface area contributed by atoms with Crippen molar-refractivity contribution in [3.8, 4) is 5.75 Å². The summed E-state index contributed by atoms with van der Waals surface area (Å²) >= 11 is 0. The van der Waals surface area contributed by atoms with Crippen LogP contribution in [-0.4, -0.2) is 36.9 Å². The first-order chi connectivity index (χ1) is 12.1. The van der Waals surface area contributed by atoms with Crippen LogP contribution in [0, 0.1) is 0 Å². The molecular weight excluding hydrogens is 316 g/mol. The number of nitrogens with one attached hydrogen (secondary N) is 1. The van der Waals surface area contributed by atoms with Gasteiger partial charge in [0.05, 0.1) is 18.8 Å². The normalized spacial score (nSPS) is 20.6. The number of anilines is 1. The largest absolute Gasteiger partial charge is 0.486 e. The van der Waals surface area contributed by atoms with E-state index in [4.69, 9.17) is 4.74 Å². The quantitative estimate of drug-likeness (QED) is 0.833. The van der Waals surface area contributed by atoms with Crippen LogP contribution in [0.25, 0.3) is 0 Å². The van der Waals surface area contributed by atoms with E-state index < -0.39 is 0 Å². The van der Waals surface area contributed by atoms with Gasteiger partial charge < -0.3 is 15.0 Å². The number of Topliss-reactive ketones (excluding diaryl/α,β-unsaturated/α-hetero) is 1. The SMILES string of the molecule is CCC1CN(CC(=O)NC2CCCCC2)c2cc(C(C)=O)ccc2O1. The molecule has 5 heteroatoms. The highest BCUT2D eigenvalue weighted by Crippen LogP contribution is 2.35. The minimum Gasteiger partial charge on any atom is -0.486 e. The van der Waals surface area contributed by atoms with Crippen LogP contribution in [0.1, 0.15) is 62.7 Å². The summed E-state index contributed by atoms with van der Waals surface area (Å²) in [5.74, 6) is 0.836. The molecule has 1 N–H and O–H groups in total. The smallest absolute Gasteiger partial charge is 0.239 e. The number of nitrogens with zero attached hydrogens (tertiary/aromatic N) is 1. The number of amides is 1. The third-order valence-corrected chi connectivity index (χ3v) is 5.18. The first kappa shape index (κ1) is 17.8. The Balaban J connectivity index is 1.74. The number of fused-ring (bicyclic) bond motifs is 1. The Bertz CT molecular complexity index is 638. The molecular formula is C20H28N2O3. The highest BCUT2D eigenvalue weighted by atomic mass is 16.5. The van der Waals surface area contributed by atoms with E-state index >= 15 is 0 Å². The molecule has 3 rings (SSSR count). The van der Waals surface area contributed by atoms with Gasteiger partial charge in [0.2, 0.25) is 5.91 Å². The number of benzene rings is 1. The van der Waals surface area contributed by atoms with Crippen molar-refractivity contribution in [3.63, 3.8) is 0 Å². The third-order valence-electron chi connectivity index (χ3n) is 5.18. The molecule has 1 aromatic carbocycles. The van der Waals surface area contributed by atoms with Crippen LogP contribution in [-0.2, 0) is 4.79 Å². The van der Waals surface area contributed by atoms with Crippen LogP contribution in [0.5, 0.6) is 5.75 Å². The van der Waals surface area contributed by atoms with Gasteiger partial charge in [-0.1, -0.05) is 26.2 Å². The van der Waals surface area contributed by atoms with Gasteiger partial charge in [-0.15, -0.1) is 0 Å². The fraction of sp³-hybridized carbons (Fsp3) is 0.600. The standard InChI is InChI=1S/C20H28N2O3/c1-3-17-12-22(13-20(24)21-16-7-5-4-6-8-16)18-11-15(14(2)23)9-10-19(18)25-17/h9-11,16-17H,3-8,12-13H2,1-2H3,(H,21,24). The van der Waals surface area contributed by atoms with Crippen LogP contribution >= 0.6 is 0 Å². The number of rotatable bonds is 5. The molecule has 1 saturated carbocycles. The van der Waals surface area contributed by atoms with E-state index in [0.717, 1.165) is 30.7 Å². The second kappa shape index (κ2) is 7.89. The Morgan fingerprint density at radius 2 is 2.00 bits per heavy atom. The second-order valence-electron chi connectivity index (χ2n) is 7.17. The number of carbonyl (C=O) groups excluding carboxylic acids is 2. The van der Waals surface area contributed by atoms with Gasteiger partial charge in [0.25, 0.3) is 0 Å². The molecule has 25 heavy (non-hydrogen) atoms. The van der Waals surface area contributed by atoms with Crippen molar-refractivity contribution in [1.82, 2.24) is 5.32 Å². The molecule has 1 unspecified atom stereocenters. The van der Waals surface area contributed by atoms with Crippen molar-refractivity contribution >= 4 is 17.4 Å². The topological polar surface area (TPSA) is 58.6 Å². The lowest BCUT2D eigenvalue weighted by Gasteiger charge is -2.36. The van der Waals surface area contributed by atoms with E-state index in [1.165, 1.54) is 19.3 Å². The molecule has 0 aromatic heterocycles. The predicted molar refractivity (Wildman–Crippen MR) is 98.4 cm³/mol. The summed E-state index contributed by atoms with van der Waals surface area (Å²) in [6.45, 7) is 4.62. The molecule has 1 aliphatic heterocycles. The Kier molecular flexibility index (Phi) is 5.61. The van der Waals surface area contributed by atoms with Crippen molar-refractivity contribution in [2.45, 2.75) is 64.5 Å². The lowest BCUT2D eigenvalue weighted by Crippen LogP contribution is -2.47. The van der Waals surface area contributed by atoms with Gasteiger partial charge in [0.1, 0.15) is 11.9 Å². The van der Waals surface area contributed by atoms with E-state index in [1.807, 2.05) is 12.1 Å². The molecule has 0 radical (unpaired) electrons. The summed E-state index contributed by atoms with van der Waals surface area (Å²) in [7, 11) is 0. The average molecular weight is 344 g/mol. The van der Waals surface area contributed by atoms with E-state index in [0.29, 0.717) is 24.7 Å². The van der Waals surface area contributed by atoms with Crippen molar-refractivity contribution < 1.29 is 14.3 Å². The molecule has 1 atom stereocenters. The molecule has 0 spiro atoms. The van der Waals surface area contributed by atoms with Gasteiger partial charge in [-0.25, -0.2) is 0 Å². The van der Waals surface area contributed by atoms with Crippen LogP contribution in [0.3, 0.4) is 0 Å². The molecule has 1 heterocycles. The maximum atomic E-state index is 12.5. The molecule has 5 nitrogen and oxygen atoms in total. The lowest BCUT2D eigenvalue weighted by atomic mass is 9.95. The molecule has 1 amide bonds. The Morgan fingerprint density at radius 3 is 2.68 bits per heavy atom. The highest BCUT2D eigenvalue weighted by Gasteiger charge is 2.27. The zero-order valence-corrected chi connectivity index (χ0v) is 15.2. The van der Waals surface area contributed by atoms with Crippen LogP contribution < -0.4 is 15.0 Å². The molecule has 2 aliphatic rings. The molecule has 1 fully saturated rings. The predicted octanol–water partition coefficient (Wildman–Crippen LogP) is 3.32. The zero-order chi connectivity index (χ0) is 17.8. The summed E-state index contributed by atoms with van der Waals surface area (Å²) in [4.78, 5) is 26.3. The maximum absolute atomic E-state index is 12.5. The van der Waals surface area contributed by atoms with E-state index in [-0.39, 0.29) is 17.8 Å². The van der Waals surface area contributed by atoms with Crippen LogP contribution in [0.15, 0.2) is 18.2 Å². The van der Waals surface area contributed by atoms with Crippen LogP contribution in [0.2, 0.25) is 0 Å². The van der Waals surface area contributed by atoms with Crippen molar-refractivity contribution in [2.75, 3.05) is 18.0 Å². The molecule has 0 saturated heterocycles. The number of hydrogen-bond acceptors (Lipinski definition) is 4. The number of ketones is 1. The number of hydrogen-bond donors (Lipinski definition) is 1. The first-order valence-corrected chi connectivity index (χ1v) is 9.42. The average Bonchev–Trinajstić information content (AvgIpc) is 2.61. The van der Waals surface area contributed by atoms with E-state index in [9.17, 15) is 9.59 Å². The Morgan fingerprint density at radius 1 is 1.24 bits per heavy atom. The minimum atomic E-state index is 0.0204. The molecule has 136 valence electrons. The summed E-state index contributed by atoms with van der Waals surface area (Å²) < 4.78 is 5.99. The van der Waals surface area contributed by atoms with Gasteiger partial charge in [-0.3, -0.25) is 9.59 Å². The highest BCUT2D eigenvalue weighted by molar-refractivity contribution is 5.96.